The van der Waals surface area contributed by atoms with Crippen molar-refractivity contribution in [3.8, 4) is 22.4 Å². The van der Waals surface area contributed by atoms with Gasteiger partial charge in [0.1, 0.15) is 17.5 Å². The number of halogens is 3. The number of hydrogen-bond acceptors (Lipinski definition) is 2. The molecule has 4 aromatic rings. The number of fused-ring (bicyclic) bond motifs is 4. The molecule has 0 saturated carbocycles. The van der Waals surface area contributed by atoms with Gasteiger partial charge >= 0.3 is 5.97 Å². The van der Waals surface area contributed by atoms with Crippen LogP contribution >= 0.6 is 0 Å². The van der Waals surface area contributed by atoms with Gasteiger partial charge in [0.2, 0.25) is 0 Å². The molecule has 3 aromatic carbocycles. The summed E-state index contributed by atoms with van der Waals surface area (Å²) in [5.41, 5.74) is 3.46. The molecular formula is C24H14F3NO2. The average molecular weight is 405 g/mol. The Hall–Kier alpha value is -3.67. The van der Waals surface area contributed by atoms with Crippen molar-refractivity contribution >= 4 is 16.9 Å². The van der Waals surface area contributed by atoms with Crippen molar-refractivity contribution in [2.75, 3.05) is 0 Å². The summed E-state index contributed by atoms with van der Waals surface area (Å²) in [6, 6.07) is 12.4. The molecule has 5 rings (SSSR count). The SMILES string of the molecule is O=C(O)c1c2c(nc3ccc(F)cc13)-c1cc(F)c(-c3ccc(F)cc3)cc1CC2. The summed E-state index contributed by atoms with van der Waals surface area (Å²) < 4.78 is 42.0. The van der Waals surface area contributed by atoms with Crippen LogP contribution in [-0.2, 0) is 12.8 Å². The molecule has 0 saturated heterocycles. The van der Waals surface area contributed by atoms with Crippen LogP contribution in [-0.4, -0.2) is 16.1 Å². The van der Waals surface area contributed by atoms with E-state index < -0.39 is 23.4 Å². The second-order valence-electron chi connectivity index (χ2n) is 7.28. The lowest BCUT2D eigenvalue weighted by atomic mass is 9.83. The highest BCUT2D eigenvalue weighted by Crippen LogP contribution is 2.39. The van der Waals surface area contributed by atoms with E-state index in [-0.39, 0.29) is 10.9 Å². The number of rotatable bonds is 2. The fraction of sp³-hybridized carbons (Fsp3) is 0.0833. The fourth-order valence-corrected chi connectivity index (χ4v) is 4.14. The number of aromatic nitrogens is 1. The maximum Gasteiger partial charge on any atom is 0.336 e. The molecule has 1 aliphatic rings. The monoisotopic (exact) mass is 405 g/mol. The zero-order chi connectivity index (χ0) is 21.0. The highest BCUT2D eigenvalue weighted by Gasteiger charge is 2.27. The molecule has 0 fully saturated rings. The van der Waals surface area contributed by atoms with Crippen molar-refractivity contribution in [1.82, 2.24) is 4.98 Å². The van der Waals surface area contributed by atoms with Crippen LogP contribution in [0.15, 0.2) is 54.6 Å². The van der Waals surface area contributed by atoms with Gasteiger partial charge in [-0.15, -0.1) is 0 Å². The molecule has 0 bridgehead atoms. The molecule has 30 heavy (non-hydrogen) atoms. The maximum absolute atomic E-state index is 15.0. The van der Waals surface area contributed by atoms with E-state index in [0.717, 1.165) is 5.56 Å². The summed E-state index contributed by atoms with van der Waals surface area (Å²) in [6.07, 6.45) is 0.873. The number of nitrogens with zero attached hydrogens (tertiary/aromatic N) is 1. The first-order valence-electron chi connectivity index (χ1n) is 9.36. The number of hydrogen-bond donors (Lipinski definition) is 1. The van der Waals surface area contributed by atoms with Crippen molar-refractivity contribution in [1.29, 1.82) is 0 Å². The Morgan fingerprint density at radius 1 is 0.867 bits per heavy atom. The van der Waals surface area contributed by atoms with Crippen molar-refractivity contribution in [2.24, 2.45) is 0 Å². The van der Waals surface area contributed by atoms with Crippen LogP contribution in [0.5, 0.6) is 0 Å². The fourth-order valence-electron chi connectivity index (χ4n) is 4.14. The van der Waals surface area contributed by atoms with Crippen LogP contribution in [0.2, 0.25) is 0 Å². The second-order valence-corrected chi connectivity index (χ2v) is 7.28. The first-order chi connectivity index (χ1) is 14.4. The number of carboxylic acid groups (broad SMARTS) is 1. The zero-order valence-electron chi connectivity index (χ0n) is 15.5. The number of pyridine rings is 1. The Morgan fingerprint density at radius 3 is 2.33 bits per heavy atom. The Bertz CT molecular complexity index is 1350. The van der Waals surface area contributed by atoms with Crippen LogP contribution in [0.3, 0.4) is 0 Å². The topological polar surface area (TPSA) is 50.2 Å². The molecule has 148 valence electrons. The molecule has 1 aliphatic carbocycles. The minimum absolute atomic E-state index is 0.00293. The molecule has 0 aliphatic heterocycles. The van der Waals surface area contributed by atoms with Crippen LogP contribution < -0.4 is 0 Å². The number of aromatic carboxylic acids is 1. The van der Waals surface area contributed by atoms with Crippen molar-refractivity contribution in [3.05, 3.63) is 88.7 Å². The minimum Gasteiger partial charge on any atom is -0.478 e. The molecule has 0 radical (unpaired) electrons. The molecule has 1 aromatic heterocycles. The highest BCUT2D eigenvalue weighted by molar-refractivity contribution is 6.06. The van der Waals surface area contributed by atoms with E-state index in [0.29, 0.717) is 46.3 Å². The van der Waals surface area contributed by atoms with Gasteiger partial charge in [-0.25, -0.2) is 22.9 Å². The van der Waals surface area contributed by atoms with E-state index in [9.17, 15) is 23.1 Å². The molecule has 1 N–H and O–H groups in total. The van der Waals surface area contributed by atoms with Crippen molar-refractivity contribution < 1.29 is 23.1 Å². The van der Waals surface area contributed by atoms with Gasteiger partial charge in [0.25, 0.3) is 0 Å². The van der Waals surface area contributed by atoms with Gasteiger partial charge in [0.15, 0.2) is 0 Å². The third-order valence-corrected chi connectivity index (χ3v) is 5.51. The second kappa shape index (κ2) is 6.69. The minimum atomic E-state index is -1.17. The van der Waals surface area contributed by atoms with E-state index in [1.54, 1.807) is 6.07 Å². The van der Waals surface area contributed by atoms with Gasteiger partial charge in [0.05, 0.1) is 16.8 Å². The van der Waals surface area contributed by atoms with E-state index in [4.69, 9.17) is 0 Å². The number of carbonyl (C=O) groups is 1. The lowest BCUT2D eigenvalue weighted by Gasteiger charge is -2.23. The van der Waals surface area contributed by atoms with Crippen molar-refractivity contribution in [3.63, 3.8) is 0 Å². The van der Waals surface area contributed by atoms with Gasteiger partial charge in [-0.2, -0.15) is 0 Å². The summed E-state index contributed by atoms with van der Waals surface area (Å²) in [6.45, 7) is 0. The van der Waals surface area contributed by atoms with E-state index in [2.05, 4.69) is 4.98 Å². The highest BCUT2D eigenvalue weighted by atomic mass is 19.1. The van der Waals surface area contributed by atoms with Crippen LogP contribution in [0.25, 0.3) is 33.3 Å². The predicted octanol–water partition coefficient (Wildman–Crippen LogP) is 5.78. The Morgan fingerprint density at radius 2 is 1.60 bits per heavy atom. The smallest absolute Gasteiger partial charge is 0.336 e. The predicted molar refractivity (Wildman–Crippen MR) is 107 cm³/mol. The van der Waals surface area contributed by atoms with Crippen LogP contribution in [0, 0.1) is 17.5 Å². The first kappa shape index (κ1) is 18.4. The average Bonchev–Trinajstić information content (AvgIpc) is 2.72. The molecule has 0 amide bonds. The zero-order valence-corrected chi connectivity index (χ0v) is 15.5. The molecule has 0 atom stereocenters. The lowest BCUT2D eigenvalue weighted by molar-refractivity contribution is 0.0698. The lowest BCUT2D eigenvalue weighted by Crippen LogP contribution is -2.14. The quantitative estimate of drug-likeness (QED) is 0.460. The molecule has 0 unspecified atom stereocenters. The molecule has 0 spiro atoms. The number of benzene rings is 3. The summed E-state index contributed by atoms with van der Waals surface area (Å²) in [7, 11) is 0. The normalized spacial score (nSPS) is 12.5. The standard InChI is InChI=1S/C24H14F3NO2/c25-14-4-1-12(2-5-14)17-9-13-3-7-16-22(24(29)30)19-10-15(26)6-8-21(19)28-23(16)18(13)11-20(17)27/h1-2,4-6,8-11H,3,7H2,(H,29,30). The van der Waals surface area contributed by atoms with Gasteiger partial charge < -0.3 is 5.11 Å². The third kappa shape index (κ3) is 2.84. The van der Waals surface area contributed by atoms with Crippen LogP contribution in [0.1, 0.15) is 21.5 Å². The summed E-state index contributed by atoms with van der Waals surface area (Å²) >= 11 is 0. The maximum atomic E-state index is 15.0. The summed E-state index contributed by atoms with van der Waals surface area (Å²) in [5.74, 6) is -2.63. The van der Waals surface area contributed by atoms with Crippen LogP contribution in [0.4, 0.5) is 13.2 Å². The molecule has 1 heterocycles. The van der Waals surface area contributed by atoms with Gasteiger partial charge in [-0.1, -0.05) is 12.1 Å². The van der Waals surface area contributed by atoms with Gasteiger partial charge in [0, 0.05) is 16.5 Å². The summed E-state index contributed by atoms with van der Waals surface area (Å²) in [5, 5.41) is 10.0. The Balaban J connectivity index is 1.75. The van der Waals surface area contributed by atoms with E-state index >= 15 is 0 Å². The summed E-state index contributed by atoms with van der Waals surface area (Å²) in [4.78, 5) is 16.5. The Labute approximate surface area is 169 Å². The first-order valence-corrected chi connectivity index (χ1v) is 9.36. The van der Waals surface area contributed by atoms with Crippen molar-refractivity contribution in [2.45, 2.75) is 12.8 Å². The van der Waals surface area contributed by atoms with Gasteiger partial charge in [-0.3, -0.25) is 0 Å². The third-order valence-electron chi connectivity index (χ3n) is 5.51. The van der Waals surface area contributed by atoms with Gasteiger partial charge in [-0.05, 0) is 72.0 Å². The largest absolute Gasteiger partial charge is 0.478 e. The van der Waals surface area contributed by atoms with E-state index in [1.165, 1.54) is 48.5 Å². The molecular weight excluding hydrogens is 391 g/mol. The number of carboxylic acids is 1. The Kier molecular flexibility index (Phi) is 4.10. The number of aryl methyl sites for hydroxylation is 1. The van der Waals surface area contributed by atoms with E-state index in [1.807, 2.05) is 0 Å². The molecule has 6 heteroatoms. The molecule has 3 nitrogen and oxygen atoms in total.